The summed E-state index contributed by atoms with van der Waals surface area (Å²) in [5.41, 5.74) is 0.415. The molecule has 3 rings (SSSR count). The number of benzene rings is 2. The van der Waals surface area contributed by atoms with Crippen molar-refractivity contribution < 1.29 is 41.0 Å². The van der Waals surface area contributed by atoms with Gasteiger partial charge in [0.2, 0.25) is 10.0 Å². The summed E-state index contributed by atoms with van der Waals surface area (Å²) in [6.45, 7) is 6.84. The molecule has 2 aromatic carbocycles. The molecule has 0 radical (unpaired) electrons. The Kier molecular flexibility index (Phi) is 12.5. The van der Waals surface area contributed by atoms with Gasteiger partial charge in [0.25, 0.3) is 5.91 Å². The second-order valence-electron chi connectivity index (χ2n) is 11.8. The zero-order valence-electron chi connectivity index (χ0n) is 25.9. The number of anilines is 1. The highest BCUT2D eigenvalue weighted by atomic mass is 32.2. The number of rotatable bonds is 8. The number of nitrogens with zero attached hydrogens (tertiary/aromatic N) is 2. The van der Waals surface area contributed by atoms with E-state index in [2.05, 4.69) is 4.72 Å². The summed E-state index contributed by atoms with van der Waals surface area (Å²) in [6.07, 6.45) is -1.64. The average Bonchev–Trinajstić information content (AvgIpc) is 2.93. The minimum absolute atomic E-state index is 0.173. The number of alkyl halides is 3. The molecule has 0 saturated heterocycles. The van der Waals surface area contributed by atoms with Crippen LogP contribution in [0.3, 0.4) is 0 Å². The Hall–Kier alpha value is -2.87. The van der Waals surface area contributed by atoms with Crippen molar-refractivity contribution in [2.24, 2.45) is 5.92 Å². The maximum atomic E-state index is 14.1. The molecule has 0 fully saturated rings. The van der Waals surface area contributed by atoms with Gasteiger partial charge in [0, 0.05) is 37.8 Å². The number of hydrogen-bond acceptors (Lipinski definition) is 7. The summed E-state index contributed by atoms with van der Waals surface area (Å²) < 4.78 is 77.7. The van der Waals surface area contributed by atoms with Gasteiger partial charge in [0.1, 0.15) is 5.75 Å². The minimum atomic E-state index is -4.40. The van der Waals surface area contributed by atoms with Crippen LogP contribution in [0.4, 0.5) is 18.9 Å². The van der Waals surface area contributed by atoms with Crippen molar-refractivity contribution in [2.75, 3.05) is 44.3 Å². The van der Waals surface area contributed by atoms with Crippen LogP contribution in [-0.4, -0.2) is 87.1 Å². The number of fused-ring (bicyclic) bond motifs is 1. The minimum Gasteiger partial charge on any atom is -0.490 e. The molecule has 4 atom stereocenters. The maximum absolute atomic E-state index is 14.1. The van der Waals surface area contributed by atoms with E-state index in [1.54, 1.807) is 24.0 Å². The van der Waals surface area contributed by atoms with Crippen molar-refractivity contribution >= 4 is 21.6 Å². The third-order valence-corrected chi connectivity index (χ3v) is 8.19. The molecule has 0 spiro atoms. The van der Waals surface area contributed by atoms with E-state index in [-0.39, 0.29) is 42.5 Å². The number of carbonyl (C=O) groups is 1. The van der Waals surface area contributed by atoms with Crippen LogP contribution >= 0.6 is 0 Å². The van der Waals surface area contributed by atoms with E-state index in [1.807, 2.05) is 25.8 Å². The summed E-state index contributed by atoms with van der Waals surface area (Å²) >= 11 is 0. The lowest BCUT2D eigenvalue weighted by molar-refractivity contribution is -0.137. The van der Waals surface area contributed by atoms with E-state index in [1.165, 1.54) is 18.2 Å². The first-order valence-corrected chi connectivity index (χ1v) is 16.6. The van der Waals surface area contributed by atoms with Crippen molar-refractivity contribution in [3.63, 3.8) is 0 Å². The summed E-state index contributed by atoms with van der Waals surface area (Å²) in [5, 5.41) is 10.1. The number of aliphatic hydroxyl groups is 1. The first-order valence-electron chi connectivity index (χ1n) is 14.7. The fourth-order valence-corrected chi connectivity index (χ4v) is 5.70. The normalized spacial score (nSPS) is 21.7. The van der Waals surface area contributed by atoms with E-state index in [0.29, 0.717) is 31.9 Å². The molecule has 9 nitrogen and oxygen atoms in total. The van der Waals surface area contributed by atoms with Crippen LogP contribution in [0.15, 0.2) is 42.5 Å². The van der Waals surface area contributed by atoms with Gasteiger partial charge in [-0.15, -0.1) is 0 Å². The Labute approximate surface area is 258 Å². The number of amides is 1. The number of ether oxygens (including phenoxy) is 2. The van der Waals surface area contributed by atoms with Crippen LogP contribution < -0.4 is 9.46 Å². The number of carbonyl (C=O) groups excluding carboxylic acids is 1. The molecule has 0 aliphatic carbocycles. The third kappa shape index (κ3) is 10.6. The van der Waals surface area contributed by atoms with Gasteiger partial charge in [-0.2, -0.15) is 13.2 Å². The van der Waals surface area contributed by atoms with Crippen LogP contribution in [0, 0.1) is 5.92 Å². The molecule has 0 bridgehead atoms. The van der Waals surface area contributed by atoms with Crippen molar-refractivity contribution in [3.8, 4) is 5.75 Å². The fourth-order valence-electron chi connectivity index (χ4n) is 5.15. The number of aliphatic hydroxyl groups excluding tert-OH is 1. The maximum Gasteiger partial charge on any atom is 0.416 e. The van der Waals surface area contributed by atoms with Gasteiger partial charge in [-0.05, 0) is 76.1 Å². The van der Waals surface area contributed by atoms with Crippen LogP contribution in [0.1, 0.15) is 61.5 Å². The largest absolute Gasteiger partial charge is 0.490 e. The van der Waals surface area contributed by atoms with Gasteiger partial charge in [-0.25, -0.2) is 8.42 Å². The number of likely N-dealkylation sites (N-methyl/N-ethyl adjacent to an activating group) is 1. The average molecular weight is 644 g/mol. The molecule has 0 aromatic heterocycles. The first-order chi connectivity index (χ1) is 20.6. The Morgan fingerprint density at radius 2 is 1.82 bits per heavy atom. The van der Waals surface area contributed by atoms with E-state index in [4.69, 9.17) is 9.47 Å². The van der Waals surface area contributed by atoms with E-state index < -0.39 is 33.7 Å². The quantitative estimate of drug-likeness (QED) is 0.417. The lowest BCUT2D eigenvalue weighted by Gasteiger charge is -2.36. The molecule has 1 heterocycles. The molecule has 1 amide bonds. The van der Waals surface area contributed by atoms with Gasteiger partial charge in [-0.1, -0.05) is 19.1 Å². The number of nitrogens with one attached hydrogen (secondary N) is 1. The Bertz CT molecular complexity index is 1340. The van der Waals surface area contributed by atoms with Crippen LogP contribution in [-0.2, 0) is 27.5 Å². The van der Waals surface area contributed by atoms with E-state index in [0.717, 1.165) is 36.8 Å². The zero-order chi connectivity index (χ0) is 32.7. The molecule has 0 saturated carbocycles. The van der Waals surface area contributed by atoms with Gasteiger partial charge in [-0.3, -0.25) is 14.4 Å². The molecular formula is C31H44F3N3O6S. The molecule has 13 heteroatoms. The summed E-state index contributed by atoms with van der Waals surface area (Å²) in [5.74, 6) is -0.302. The second-order valence-corrected chi connectivity index (χ2v) is 13.5. The van der Waals surface area contributed by atoms with Crippen LogP contribution in [0.5, 0.6) is 5.75 Å². The Morgan fingerprint density at radius 1 is 1.14 bits per heavy atom. The number of hydrogen-bond donors (Lipinski definition) is 2. The number of sulfonamides is 1. The molecule has 0 unspecified atom stereocenters. The Balaban J connectivity index is 1.88. The lowest BCUT2D eigenvalue weighted by atomic mass is 10.0. The molecule has 2 aromatic rings. The monoisotopic (exact) mass is 643 g/mol. The highest BCUT2D eigenvalue weighted by Gasteiger charge is 2.31. The molecule has 246 valence electrons. The summed E-state index contributed by atoms with van der Waals surface area (Å²) in [6, 6.07) is 9.08. The predicted octanol–water partition coefficient (Wildman–Crippen LogP) is 5.00. The highest BCUT2D eigenvalue weighted by Crippen LogP contribution is 2.30. The topological polar surface area (TPSA) is 108 Å². The fraction of sp³-hybridized carbons (Fsp3) is 0.581. The molecular weight excluding hydrogens is 599 g/mol. The summed E-state index contributed by atoms with van der Waals surface area (Å²) in [4.78, 5) is 17.6. The SMILES string of the molecule is C[C@@H]1CN([C@H](C)CO)C(=O)c2cc(NS(C)(=O)=O)ccc2O[C@@H](C)CCCCO[C@@H]1CN(C)Cc1ccc(C(F)(F)F)cc1. The van der Waals surface area contributed by atoms with Crippen molar-refractivity contribution in [1.29, 1.82) is 0 Å². The van der Waals surface area contributed by atoms with Gasteiger partial charge >= 0.3 is 6.18 Å². The van der Waals surface area contributed by atoms with Crippen molar-refractivity contribution in [1.82, 2.24) is 9.80 Å². The van der Waals surface area contributed by atoms with Crippen LogP contribution in [0.2, 0.25) is 0 Å². The summed E-state index contributed by atoms with van der Waals surface area (Å²) in [7, 11) is -1.74. The molecule has 1 aliphatic heterocycles. The van der Waals surface area contributed by atoms with E-state index in [9.17, 15) is 31.5 Å². The first kappa shape index (κ1) is 35.6. The standard InChI is InChI=1S/C31H44F3N3O6S/c1-21-17-37(22(2)20-38)30(39)27-16-26(35-44(5,40)41)13-14-28(27)43-23(3)8-6-7-15-42-29(21)19-36(4)18-24-9-11-25(12-10-24)31(32,33)34/h9-14,16,21-23,29,35,38H,6-8,15,17-20H2,1-5H3/t21-,22-,23+,29-/m1/s1. The van der Waals surface area contributed by atoms with Gasteiger partial charge in [0.05, 0.1) is 42.2 Å². The number of halogens is 3. The van der Waals surface area contributed by atoms with Gasteiger partial charge < -0.3 is 19.5 Å². The molecule has 44 heavy (non-hydrogen) atoms. The van der Waals surface area contributed by atoms with Crippen molar-refractivity contribution in [3.05, 3.63) is 59.2 Å². The zero-order valence-corrected chi connectivity index (χ0v) is 26.7. The predicted molar refractivity (Wildman–Crippen MR) is 163 cm³/mol. The van der Waals surface area contributed by atoms with Gasteiger partial charge in [0.15, 0.2) is 0 Å². The van der Waals surface area contributed by atoms with Crippen LogP contribution in [0.25, 0.3) is 0 Å². The Morgan fingerprint density at radius 3 is 2.43 bits per heavy atom. The third-order valence-electron chi connectivity index (χ3n) is 7.58. The lowest BCUT2D eigenvalue weighted by Crippen LogP contribution is -2.47. The smallest absolute Gasteiger partial charge is 0.416 e. The van der Waals surface area contributed by atoms with Crippen molar-refractivity contribution in [2.45, 2.75) is 71.0 Å². The highest BCUT2D eigenvalue weighted by molar-refractivity contribution is 7.92. The molecule has 2 N–H and O–H groups in total. The second kappa shape index (κ2) is 15.4. The van der Waals surface area contributed by atoms with E-state index >= 15 is 0 Å². The molecule has 1 aliphatic rings.